The van der Waals surface area contributed by atoms with Crippen molar-refractivity contribution in [3.8, 4) is 0 Å². The van der Waals surface area contributed by atoms with Crippen LogP contribution in [0, 0.1) is 0 Å². The quantitative estimate of drug-likeness (QED) is 0.655. The van der Waals surface area contributed by atoms with Gasteiger partial charge in [-0.05, 0) is 26.3 Å². The molecule has 0 rings (SSSR count). The number of hydrogen-bond acceptors (Lipinski definition) is 2. The van der Waals surface area contributed by atoms with Crippen molar-refractivity contribution >= 4 is 5.91 Å². The summed E-state index contributed by atoms with van der Waals surface area (Å²) in [5, 5.41) is 11.1. The molecule has 0 radical (unpaired) electrons. The molecule has 0 saturated carbocycles. The Kier molecular flexibility index (Phi) is 12.6. The fraction of sp³-hybridized carbons (Fsp3) is 0.700. The molecule has 0 spiro atoms. The monoisotopic (exact) mass is 187 g/mol. The fourth-order valence-corrected chi connectivity index (χ4v) is 0.598. The second kappa shape index (κ2) is 11.2. The molecule has 0 atom stereocenters. The van der Waals surface area contributed by atoms with E-state index in [4.69, 9.17) is 5.11 Å². The lowest BCUT2D eigenvalue weighted by Crippen LogP contribution is -2.28. The number of carbonyl (C=O) groups is 1. The molecular weight excluding hydrogens is 166 g/mol. The maximum absolute atomic E-state index is 10.8. The van der Waals surface area contributed by atoms with Crippen LogP contribution in [0.1, 0.15) is 34.1 Å². The summed E-state index contributed by atoms with van der Waals surface area (Å²) in [5.74, 6) is -0.103. The number of amides is 1. The summed E-state index contributed by atoms with van der Waals surface area (Å²) in [5.41, 5.74) is 0. The fourth-order valence-electron chi connectivity index (χ4n) is 0.598. The first-order valence-electron chi connectivity index (χ1n) is 4.74. The minimum Gasteiger partial charge on any atom is -0.396 e. The Bertz CT molecular complexity index is 142. The highest BCUT2D eigenvalue weighted by Gasteiger charge is 1.95. The van der Waals surface area contributed by atoms with Crippen LogP contribution in [0.25, 0.3) is 0 Å². The Hall–Kier alpha value is -0.830. The van der Waals surface area contributed by atoms with Gasteiger partial charge in [-0.15, -0.1) is 0 Å². The number of aliphatic hydroxyl groups excluding tert-OH is 1. The van der Waals surface area contributed by atoms with E-state index in [-0.39, 0.29) is 18.6 Å². The topological polar surface area (TPSA) is 49.3 Å². The molecule has 13 heavy (non-hydrogen) atoms. The first-order chi connectivity index (χ1) is 6.16. The molecular formula is C10H21NO2. The maximum Gasteiger partial charge on any atom is 0.243 e. The van der Waals surface area contributed by atoms with Crippen LogP contribution in [0.5, 0.6) is 0 Å². The first-order valence-corrected chi connectivity index (χ1v) is 4.74. The Morgan fingerprint density at radius 2 is 2.00 bits per heavy atom. The van der Waals surface area contributed by atoms with Crippen LogP contribution >= 0.6 is 0 Å². The largest absolute Gasteiger partial charge is 0.396 e. The Morgan fingerprint density at radius 3 is 2.38 bits per heavy atom. The molecule has 0 heterocycles. The zero-order valence-corrected chi connectivity index (χ0v) is 9.00. The lowest BCUT2D eigenvalue weighted by Gasteiger charge is -2.03. The Balaban J connectivity index is 0. The summed E-state index contributed by atoms with van der Waals surface area (Å²) in [6.45, 7) is 7.89. The summed E-state index contributed by atoms with van der Waals surface area (Å²) < 4.78 is 0. The van der Waals surface area contributed by atoms with Gasteiger partial charge in [0.25, 0.3) is 0 Å². The van der Waals surface area contributed by atoms with Gasteiger partial charge in [0.15, 0.2) is 0 Å². The van der Waals surface area contributed by atoms with Crippen molar-refractivity contribution in [3.05, 3.63) is 12.2 Å². The van der Waals surface area contributed by atoms with Crippen LogP contribution < -0.4 is 5.32 Å². The van der Waals surface area contributed by atoms with Crippen LogP contribution in [-0.4, -0.2) is 23.7 Å². The molecule has 3 nitrogen and oxygen atoms in total. The summed E-state index contributed by atoms with van der Waals surface area (Å²) in [7, 11) is 0. The number of nitrogens with one attached hydrogen (secondary N) is 1. The minimum absolute atomic E-state index is 0.0887. The number of aliphatic hydroxyl groups is 1. The van der Waals surface area contributed by atoms with E-state index in [9.17, 15) is 4.79 Å². The van der Waals surface area contributed by atoms with Gasteiger partial charge >= 0.3 is 0 Å². The van der Waals surface area contributed by atoms with E-state index in [0.29, 0.717) is 6.42 Å². The van der Waals surface area contributed by atoms with Crippen LogP contribution in [0.2, 0.25) is 0 Å². The molecule has 0 aromatic heterocycles. The van der Waals surface area contributed by atoms with Crippen LogP contribution in [0.4, 0.5) is 0 Å². The van der Waals surface area contributed by atoms with Crippen LogP contribution in [-0.2, 0) is 4.79 Å². The van der Waals surface area contributed by atoms with Gasteiger partial charge in [-0.3, -0.25) is 4.79 Å². The summed E-state index contributed by atoms with van der Waals surface area (Å²) in [4.78, 5) is 10.8. The first kappa shape index (κ1) is 14.7. The van der Waals surface area contributed by atoms with Gasteiger partial charge in [-0.1, -0.05) is 19.9 Å². The van der Waals surface area contributed by atoms with E-state index < -0.39 is 0 Å². The standard InChI is InChI=1S/C8H15NO2.C2H6/c1-7(2)9-8(11)5-3-4-6-10;1-2/h3,5,7,10H,4,6H2,1-2H3,(H,9,11);1-2H3/b5-3+;. The molecule has 0 bridgehead atoms. The van der Waals surface area contributed by atoms with E-state index >= 15 is 0 Å². The number of hydrogen-bond donors (Lipinski definition) is 2. The minimum atomic E-state index is -0.103. The Morgan fingerprint density at radius 1 is 1.46 bits per heavy atom. The van der Waals surface area contributed by atoms with Crippen LogP contribution in [0.3, 0.4) is 0 Å². The van der Waals surface area contributed by atoms with Gasteiger partial charge in [0.1, 0.15) is 0 Å². The third-order valence-corrected chi connectivity index (χ3v) is 0.996. The zero-order valence-electron chi connectivity index (χ0n) is 9.00. The lowest BCUT2D eigenvalue weighted by atomic mass is 10.3. The predicted octanol–water partition coefficient (Wildman–Crippen LogP) is 1.48. The molecule has 0 aliphatic carbocycles. The highest BCUT2D eigenvalue weighted by molar-refractivity contribution is 5.87. The maximum atomic E-state index is 10.8. The molecule has 0 aromatic carbocycles. The average molecular weight is 187 g/mol. The van der Waals surface area contributed by atoms with Crippen molar-refractivity contribution in [2.24, 2.45) is 0 Å². The summed E-state index contributed by atoms with van der Waals surface area (Å²) >= 11 is 0. The number of carbonyl (C=O) groups excluding carboxylic acids is 1. The van der Waals surface area contributed by atoms with E-state index in [1.54, 1.807) is 6.08 Å². The third-order valence-electron chi connectivity index (χ3n) is 0.996. The van der Waals surface area contributed by atoms with Crippen molar-refractivity contribution in [2.75, 3.05) is 6.61 Å². The second-order valence-corrected chi connectivity index (χ2v) is 2.58. The van der Waals surface area contributed by atoms with Gasteiger partial charge in [0, 0.05) is 12.6 Å². The van der Waals surface area contributed by atoms with Crippen LogP contribution in [0.15, 0.2) is 12.2 Å². The predicted molar refractivity (Wildman–Crippen MR) is 55.5 cm³/mol. The van der Waals surface area contributed by atoms with Gasteiger partial charge in [0.05, 0.1) is 0 Å². The van der Waals surface area contributed by atoms with Gasteiger partial charge in [0.2, 0.25) is 5.91 Å². The molecule has 3 heteroatoms. The molecule has 2 N–H and O–H groups in total. The molecule has 0 unspecified atom stereocenters. The molecule has 78 valence electrons. The van der Waals surface area contributed by atoms with Crippen molar-refractivity contribution in [1.82, 2.24) is 5.32 Å². The van der Waals surface area contributed by atoms with E-state index in [1.807, 2.05) is 27.7 Å². The van der Waals surface area contributed by atoms with Crippen molar-refractivity contribution in [1.29, 1.82) is 0 Å². The third kappa shape index (κ3) is 14.1. The van der Waals surface area contributed by atoms with E-state index in [1.165, 1.54) is 6.08 Å². The average Bonchev–Trinajstić information content (AvgIpc) is 2.07. The SMILES string of the molecule is CC.CC(C)NC(=O)/C=C/CCO. The lowest BCUT2D eigenvalue weighted by molar-refractivity contribution is -0.116. The van der Waals surface area contributed by atoms with Crippen molar-refractivity contribution in [2.45, 2.75) is 40.2 Å². The van der Waals surface area contributed by atoms with E-state index in [0.717, 1.165) is 0 Å². The molecule has 0 aliphatic heterocycles. The number of rotatable bonds is 4. The van der Waals surface area contributed by atoms with Gasteiger partial charge in [-0.25, -0.2) is 0 Å². The van der Waals surface area contributed by atoms with Gasteiger partial charge < -0.3 is 10.4 Å². The molecule has 0 aliphatic rings. The van der Waals surface area contributed by atoms with Crippen molar-refractivity contribution in [3.63, 3.8) is 0 Å². The normalized spacial score (nSPS) is 9.69. The highest BCUT2D eigenvalue weighted by Crippen LogP contribution is 1.82. The second-order valence-electron chi connectivity index (χ2n) is 2.58. The van der Waals surface area contributed by atoms with E-state index in [2.05, 4.69) is 5.32 Å². The smallest absolute Gasteiger partial charge is 0.243 e. The van der Waals surface area contributed by atoms with Crippen molar-refractivity contribution < 1.29 is 9.90 Å². The van der Waals surface area contributed by atoms with Gasteiger partial charge in [-0.2, -0.15) is 0 Å². The summed E-state index contributed by atoms with van der Waals surface area (Å²) in [6, 6.07) is 0.168. The molecule has 0 saturated heterocycles. The summed E-state index contributed by atoms with van der Waals surface area (Å²) in [6.07, 6.45) is 3.62. The molecule has 0 aromatic rings. The Labute approximate surface area is 80.8 Å². The highest BCUT2D eigenvalue weighted by atomic mass is 16.2. The zero-order chi connectivity index (χ0) is 10.7. The molecule has 1 amide bonds. The molecule has 0 fully saturated rings.